The largest absolute Gasteiger partial charge is 0.484 e. The topological polar surface area (TPSA) is 81.7 Å². The van der Waals surface area contributed by atoms with E-state index in [4.69, 9.17) is 9.47 Å². The van der Waals surface area contributed by atoms with Crippen LogP contribution < -0.4 is 10.1 Å². The lowest BCUT2D eigenvalue weighted by atomic mass is 10.1. The molecule has 0 heterocycles. The Kier molecular flexibility index (Phi) is 7.55. The van der Waals surface area contributed by atoms with Gasteiger partial charge in [0.1, 0.15) is 11.8 Å². The summed E-state index contributed by atoms with van der Waals surface area (Å²) < 4.78 is 10.2. The van der Waals surface area contributed by atoms with Crippen LogP contribution in [0.1, 0.15) is 29.3 Å². The number of hydrogen-bond donors (Lipinski definition) is 1. The summed E-state index contributed by atoms with van der Waals surface area (Å²) in [5.41, 5.74) is 1.51. The van der Waals surface area contributed by atoms with E-state index in [2.05, 4.69) is 5.32 Å². The Bertz CT molecular complexity index is 771. The smallest absolute Gasteiger partial charge is 0.328 e. The van der Waals surface area contributed by atoms with Gasteiger partial charge in [0.15, 0.2) is 12.4 Å². The molecule has 0 saturated carbocycles. The average molecular weight is 369 g/mol. The number of rotatable bonds is 9. The first kappa shape index (κ1) is 20.2. The predicted octanol–water partition coefficient (Wildman–Crippen LogP) is 2.56. The minimum Gasteiger partial charge on any atom is -0.484 e. The molecule has 0 saturated heterocycles. The van der Waals surface area contributed by atoms with E-state index in [-0.39, 0.29) is 12.4 Å². The minimum atomic E-state index is -0.793. The molecule has 0 aromatic heterocycles. The van der Waals surface area contributed by atoms with Crippen molar-refractivity contribution < 1.29 is 23.9 Å². The summed E-state index contributed by atoms with van der Waals surface area (Å²) >= 11 is 0. The lowest BCUT2D eigenvalue weighted by molar-refractivity contribution is -0.145. The van der Waals surface area contributed by atoms with E-state index < -0.39 is 17.9 Å². The Balaban J connectivity index is 1.91. The van der Waals surface area contributed by atoms with Crippen molar-refractivity contribution in [1.82, 2.24) is 5.32 Å². The highest BCUT2D eigenvalue weighted by molar-refractivity contribution is 5.95. The summed E-state index contributed by atoms with van der Waals surface area (Å²) in [5, 5.41) is 2.63. The van der Waals surface area contributed by atoms with Gasteiger partial charge in [-0.2, -0.15) is 0 Å². The van der Waals surface area contributed by atoms with Gasteiger partial charge in [-0.3, -0.25) is 9.59 Å². The maximum absolute atomic E-state index is 12.2. The first-order valence-electron chi connectivity index (χ1n) is 8.70. The van der Waals surface area contributed by atoms with E-state index >= 15 is 0 Å². The van der Waals surface area contributed by atoms with Crippen molar-refractivity contribution in [1.29, 1.82) is 0 Å². The molecular weight excluding hydrogens is 346 g/mol. The molecule has 142 valence electrons. The van der Waals surface area contributed by atoms with Crippen LogP contribution in [0.25, 0.3) is 0 Å². The Morgan fingerprint density at radius 2 is 1.67 bits per heavy atom. The number of esters is 1. The Morgan fingerprint density at radius 1 is 1.00 bits per heavy atom. The number of amides is 1. The standard InChI is InChI=1S/C21H23NO5/c1-3-19(23)16-9-11-17(12-10-16)27-14-20(24)22-18(21(25)26-2)13-15-7-5-4-6-8-15/h4-12,18H,3,13-14H2,1-2H3,(H,22,24)/t18-/m1/s1. The molecule has 6 nitrogen and oxygen atoms in total. The second-order valence-corrected chi connectivity index (χ2v) is 5.92. The molecular formula is C21H23NO5. The van der Waals surface area contributed by atoms with Crippen molar-refractivity contribution in [3.63, 3.8) is 0 Å². The maximum Gasteiger partial charge on any atom is 0.328 e. The van der Waals surface area contributed by atoms with Crippen LogP contribution in [0, 0.1) is 0 Å². The molecule has 6 heteroatoms. The van der Waals surface area contributed by atoms with Gasteiger partial charge >= 0.3 is 5.97 Å². The monoisotopic (exact) mass is 369 g/mol. The fraction of sp³-hybridized carbons (Fsp3) is 0.286. The van der Waals surface area contributed by atoms with Crippen molar-refractivity contribution >= 4 is 17.7 Å². The third-order valence-electron chi connectivity index (χ3n) is 3.97. The molecule has 2 aromatic carbocycles. The van der Waals surface area contributed by atoms with Gasteiger partial charge < -0.3 is 14.8 Å². The molecule has 2 aromatic rings. The van der Waals surface area contributed by atoms with Crippen LogP contribution in [0.3, 0.4) is 0 Å². The van der Waals surface area contributed by atoms with E-state index in [1.165, 1.54) is 7.11 Å². The van der Waals surface area contributed by atoms with E-state index in [1.807, 2.05) is 30.3 Å². The number of methoxy groups -OCH3 is 1. The quantitative estimate of drug-likeness (QED) is 0.543. The fourth-order valence-corrected chi connectivity index (χ4v) is 2.51. The summed E-state index contributed by atoms with van der Waals surface area (Å²) in [6, 6.07) is 15.1. The van der Waals surface area contributed by atoms with E-state index in [0.29, 0.717) is 24.2 Å². The third kappa shape index (κ3) is 6.26. The first-order chi connectivity index (χ1) is 13.0. The second-order valence-electron chi connectivity index (χ2n) is 5.92. The first-order valence-corrected chi connectivity index (χ1v) is 8.70. The number of nitrogens with one attached hydrogen (secondary N) is 1. The van der Waals surface area contributed by atoms with Crippen molar-refractivity contribution in [3.8, 4) is 5.75 Å². The van der Waals surface area contributed by atoms with Gasteiger partial charge in [0, 0.05) is 18.4 Å². The Morgan fingerprint density at radius 3 is 2.26 bits per heavy atom. The summed E-state index contributed by atoms with van der Waals surface area (Å²) in [6.07, 6.45) is 0.756. The average Bonchev–Trinajstić information content (AvgIpc) is 2.71. The van der Waals surface area contributed by atoms with Crippen LogP contribution >= 0.6 is 0 Å². The van der Waals surface area contributed by atoms with Gasteiger partial charge in [-0.25, -0.2) is 4.79 Å². The number of hydrogen-bond acceptors (Lipinski definition) is 5. The van der Waals surface area contributed by atoms with Crippen LogP contribution in [-0.2, 0) is 20.7 Å². The Hall–Kier alpha value is -3.15. The van der Waals surface area contributed by atoms with E-state index in [0.717, 1.165) is 5.56 Å². The molecule has 1 amide bonds. The molecule has 0 spiro atoms. The van der Waals surface area contributed by atoms with Crippen molar-refractivity contribution in [2.24, 2.45) is 0 Å². The van der Waals surface area contributed by atoms with Crippen LogP contribution in [0.4, 0.5) is 0 Å². The SMILES string of the molecule is CCC(=O)c1ccc(OCC(=O)N[C@H](Cc2ccccc2)C(=O)OC)cc1. The molecule has 2 rings (SSSR count). The van der Waals surface area contributed by atoms with Crippen molar-refractivity contribution in [3.05, 3.63) is 65.7 Å². The molecule has 0 aliphatic rings. The predicted molar refractivity (Wildman–Crippen MR) is 101 cm³/mol. The molecule has 1 N–H and O–H groups in total. The zero-order chi connectivity index (χ0) is 19.6. The van der Waals surface area contributed by atoms with Gasteiger partial charge in [0.25, 0.3) is 5.91 Å². The zero-order valence-electron chi connectivity index (χ0n) is 15.4. The number of ketones is 1. The van der Waals surface area contributed by atoms with Gasteiger partial charge in [-0.05, 0) is 29.8 Å². The molecule has 1 atom stereocenters. The van der Waals surface area contributed by atoms with Crippen LogP contribution in [0.15, 0.2) is 54.6 Å². The number of benzene rings is 2. The summed E-state index contributed by atoms with van der Waals surface area (Å²) in [4.78, 5) is 35.7. The number of carbonyl (C=O) groups excluding carboxylic acids is 3. The Labute approximate surface area is 158 Å². The van der Waals surface area contributed by atoms with Gasteiger partial charge in [-0.1, -0.05) is 37.3 Å². The number of carbonyl (C=O) groups is 3. The van der Waals surface area contributed by atoms with Crippen LogP contribution in [0.5, 0.6) is 5.75 Å². The minimum absolute atomic E-state index is 0.0427. The number of ether oxygens (including phenoxy) is 2. The zero-order valence-corrected chi connectivity index (χ0v) is 15.4. The highest BCUT2D eigenvalue weighted by atomic mass is 16.5. The fourth-order valence-electron chi connectivity index (χ4n) is 2.51. The highest BCUT2D eigenvalue weighted by Gasteiger charge is 2.22. The van der Waals surface area contributed by atoms with Gasteiger partial charge in [0.2, 0.25) is 0 Å². The van der Waals surface area contributed by atoms with E-state index in [1.54, 1.807) is 31.2 Å². The lowest BCUT2D eigenvalue weighted by Gasteiger charge is -2.17. The normalized spacial score (nSPS) is 11.3. The molecule has 0 fully saturated rings. The number of Topliss-reactive ketones (excluding diaryl/α,β-unsaturated/α-hetero) is 1. The second kappa shape index (κ2) is 10.1. The maximum atomic E-state index is 12.2. The van der Waals surface area contributed by atoms with Gasteiger partial charge in [0.05, 0.1) is 7.11 Å². The summed E-state index contributed by atoms with van der Waals surface area (Å²) in [6.45, 7) is 1.55. The lowest BCUT2D eigenvalue weighted by Crippen LogP contribution is -2.44. The van der Waals surface area contributed by atoms with Gasteiger partial charge in [-0.15, -0.1) is 0 Å². The molecule has 27 heavy (non-hydrogen) atoms. The molecule has 0 radical (unpaired) electrons. The summed E-state index contributed by atoms with van der Waals surface area (Å²) in [5.74, 6) is -0.443. The van der Waals surface area contributed by atoms with Crippen LogP contribution in [0.2, 0.25) is 0 Å². The molecule has 0 aliphatic carbocycles. The molecule has 0 unspecified atom stereocenters. The molecule has 0 aliphatic heterocycles. The summed E-state index contributed by atoms with van der Waals surface area (Å²) in [7, 11) is 1.28. The molecule has 0 bridgehead atoms. The van der Waals surface area contributed by atoms with Crippen LogP contribution in [-0.4, -0.2) is 37.4 Å². The van der Waals surface area contributed by atoms with Crippen molar-refractivity contribution in [2.45, 2.75) is 25.8 Å². The highest BCUT2D eigenvalue weighted by Crippen LogP contribution is 2.13. The third-order valence-corrected chi connectivity index (χ3v) is 3.97. The van der Waals surface area contributed by atoms with E-state index in [9.17, 15) is 14.4 Å². The van der Waals surface area contributed by atoms with Crippen molar-refractivity contribution in [2.75, 3.05) is 13.7 Å².